The van der Waals surface area contributed by atoms with Crippen LogP contribution < -0.4 is 11.5 Å². The van der Waals surface area contributed by atoms with Gasteiger partial charge in [-0.3, -0.25) is 0 Å². The number of rotatable bonds is 2. The third kappa shape index (κ3) is 2.92. The van der Waals surface area contributed by atoms with Crippen molar-refractivity contribution in [3.8, 4) is 12.1 Å². The van der Waals surface area contributed by atoms with E-state index in [1.807, 2.05) is 12.1 Å². The van der Waals surface area contributed by atoms with Gasteiger partial charge in [-0.05, 0) is 30.0 Å². The summed E-state index contributed by atoms with van der Waals surface area (Å²) in [6, 6.07) is 10.3. The van der Waals surface area contributed by atoms with E-state index < -0.39 is 0 Å². The molecule has 7 heteroatoms. The van der Waals surface area contributed by atoms with Gasteiger partial charge in [0.1, 0.15) is 23.8 Å². The first-order chi connectivity index (χ1) is 9.12. The van der Waals surface area contributed by atoms with Gasteiger partial charge >= 0.3 is 0 Å². The molecular formula is C12H8N6S. The zero-order chi connectivity index (χ0) is 13.8. The van der Waals surface area contributed by atoms with Crippen molar-refractivity contribution in [2.75, 3.05) is 11.5 Å². The van der Waals surface area contributed by atoms with Crippen molar-refractivity contribution in [3.63, 3.8) is 0 Å². The molecule has 0 saturated carbocycles. The number of nitrogens with two attached hydrogens (primary N) is 2. The van der Waals surface area contributed by atoms with Crippen LogP contribution in [-0.4, -0.2) is 9.97 Å². The molecule has 19 heavy (non-hydrogen) atoms. The molecule has 92 valence electrons. The summed E-state index contributed by atoms with van der Waals surface area (Å²) in [6.07, 6.45) is 0. The number of nitrogens with zero attached hydrogens (tertiary/aromatic N) is 4. The van der Waals surface area contributed by atoms with Crippen molar-refractivity contribution in [1.82, 2.24) is 9.97 Å². The second-order valence-corrected chi connectivity index (χ2v) is 4.57. The highest BCUT2D eigenvalue weighted by Gasteiger charge is 2.07. The largest absolute Gasteiger partial charge is 0.383 e. The fraction of sp³-hybridized carbons (Fsp3) is 0. The summed E-state index contributed by atoms with van der Waals surface area (Å²) in [4.78, 5) is 8.79. The number of nitriles is 2. The molecule has 1 heterocycles. The summed E-state index contributed by atoms with van der Waals surface area (Å²) in [5, 5.41) is 18.2. The molecule has 0 aliphatic heterocycles. The Morgan fingerprint density at radius 1 is 0.947 bits per heavy atom. The Morgan fingerprint density at radius 2 is 1.58 bits per heavy atom. The van der Waals surface area contributed by atoms with Crippen molar-refractivity contribution < 1.29 is 0 Å². The Labute approximate surface area is 113 Å². The van der Waals surface area contributed by atoms with Crippen LogP contribution in [0.2, 0.25) is 0 Å². The van der Waals surface area contributed by atoms with Gasteiger partial charge < -0.3 is 11.5 Å². The molecule has 6 nitrogen and oxygen atoms in total. The fourth-order valence-corrected chi connectivity index (χ4v) is 2.22. The summed E-state index contributed by atoms with van der Waals surface area (Å²) < 4.78 is 0. The van der Waals surface area contributed by atoms with Crippen LogP contribution in [0.1, 0.15) is 11.1 Å². The normalized spacial score (nSPS) is 9.58. The summed E-state index contributed by atoms with van der Waals surface area (Å²) in [6.45, 7) is 0. The van der Waals surface area contributed by atoms with Crippen molar-refractivity contribution in [2.45, 2.75) is 10.1 Å². The minimum absolute atomic E-state index is 0.282. The quantitative estimate of drug-likeness (QED) is 0.791. The van der Waals surface area contributed by atoms with E-state index >= 15 is 0 Å². The highest BCUT2D eigenvalue weighted by atomic mass is 32.2. The smallest absolute Gasteiger partial charge is 0.196 e. The topological polar surface area (TPSA) is 125 Å². The number of nitrogen functional groups attached to an aromatic ring is 2. The Bertz CT molecular complexity index is 693. The van der Waals surface area contributed by atoms with Crippen LogP contribution in [0, 0.1) is 22.7 Å². The van der Waals surface area contributed by atoms with Crippen LogP contribution in [0.25, 0.3) is 0 Å². The van der Waals surface area contributed by atoms with Crippen LogP contribution in [0.3, 0.4) is 0 Å². The van der Waals surface area contributed by atoms with E-state index in [4.69, 9.17) is 22.0 Å². The summed E-state index contributed by atoms with van der Waals surface area (Å²) >= 11 is 1.22. The molecule has 1 aromatic carbocycles. The van der Waals surface area contributed by atoms with E-state index in [9.17, 15) is 0 Å². The van der Waals surface area contributed by atoms with Crippen molar-refractivity contribution in [3.05, 3.63) is 35.4 Å². The molecule has 0 amide bonds. The maximum Gasteiger partial charge on any atom is 0.196 e. The van der Waals surface area contributed by atoms with E-state index in [0.29, 0.717) is 16.3 Å². The van der Waals surface area contributed by atoms with Gasteiger partial charge in [0, 0.05) is 11.0 Å². The molecule has 0 fully saturated rings. The number of anilines is 2. The van der Waals surface area contributed by atoms with Gasteiger partial charge in [0.15, 0.2) is 5.16 Å². The van der Waals surface area contributed by atoms with Gasteiger partial charge in [-0.15, -0.1) is 0 Å². The van der Waals surface area contributed by atoms with Crippen molar-refractivity contribution in [2.24, 2.45) is 0 Å². The van der Waals surface area contributed by atoms with Crippen LogP contribution >= 0.6 is 11.8 Å². The maximum atomic E-state index is 8.95. The first kappa shape index (κ1) is 12.7. The molecule has 0 aliphatic rings. The second kappa shape index (κ2) is 5.25. The molecule has 0 atom stereocenters. The monoisotopic (exact) mass is 268 g/mol. The van der Waals surface area contributed by atoms with Crippen molar-refractivity contribution >= 4 is 23.4 Å². The molecule has 0 saturated heterocycles. The lowest BCUT2D eigenvalue weighted by Gasteiger charge is -2.03. The Balaban J connectivity index is 2.34. The van der Waals surface area contributed by atoms with Crippen molar-refractivity contribution in [1.29, 1.82) is 10.5 Å². The molecule has 0 bridgehead atoms. The lowest BCUT2D eigenvalue weighted by molar-refractivity contribution is 0.984. The minimum Gasteiger partial charge on any atom is -0.383 e. The van der Waals surface area contributed by atoms with Gasteiger partial charge in [-0.1, -0.05) is 0 Å². The first-order valence-electron chi connectivity index (χ1n) is 5.14. The van der Waals surface area contributed by atoms with Crippen LogP contribution in [-0.2, 0) is 0 Å². The van der Waals surface area contributed by atoms with Crippen LogP contribution in [0.15, 0.2) is 34.3 Å². The van der Waals surface area contributed by atoms with E-state index in [1.165, 1.54) is 17.8 Å². The van der Waals surface area contributed by atoms with E-state index in [1.54, 1.807) is 18.2 Å². The van der Waals surface area contributed by atoms with Gasteiger partial charge in [0.25, 0.3) is 0 Å². The van der Waals surface area contributed by atoms with Crippen LogP contribution in [0.5, 0.6) is 0 Å². The molecule has 1 aromatic heterocycles. The van der Waals surface area contributed by atoms with Gasteiger partial charge in [-0.2, -0.15) is 10.5 Å². The summed E-state index contributed by atoms with van der Waals surface area (Å²) in [5.74, 6) is 0.563. The Kier molecular flexibility index (Phi) is 3.51. The van der Waals surface area contributed by atoms with Gasteiger partial charge in [0.2, 0.25) is 0 Å². The first-order valence-corrected chi connectivity index (χ1v) is 5.96. The number of hydrogen-bond donors (Lipinski definition) is 2. The molecule has 0 aliphatic carbocycles. The second-order valence-electron chi connectivity index (χ2n) is 3.53. The number of aromatic nitrogens is 2. The average Bonchev–Trinajstić information content (AvgIpc) is 2.37. The molecule has 0 radical (unpaired) electrons. The molecular weight excluding hydrogens is 260 g/mol. The Hall–Kier alpha value is -2.77. The highest BCUT2D eigenvalue weighted by Crippen LogP contribution is 2.27. The third-order valence-corrected chi connectivity index (χ3v) is 3.04. The standard InChI is InChI=1S/C12H8N6S/c13-5-7-1-2-9(3-8(7)6-14)19-12-17-10(15)4-11(16)18-12/h1-4H,(H4,15,16,17,18). The lowest BCUT2D eigenvalue weighted by Crippen LogP contribution is -1.99. The number of benzene rings is 1. The predicted molar refractivity (Wildman–Crippen MR) is 70.9 cm³/mol. The van der Waals surface area contributed by atoms with Gasteiger partial charge in [0.05, 0.1) is 11.1 Å². The van der Waals surface area contributed by atoms with Gasteiger partial charge in [-0.25, -0.2) is 9.97 Å². The molecule has 0 spiro atoms. The molecule has 0 unspecified atom stereocenters. The highest BCUT2D eigenvalue weighted by molar-refractivity contribution is 7.99. The lowest BCUT2D eigenvalue weighted by atomic mass is 10.1. The maximum absolute atomic E-state index is 8.95. The van der Waals surface area contributed by atoms with E-state index in [0.717, 1.165) is 4.90 Å². The fourth-order valence-electron chi connectivity index (χ4n) is 1.39. The Morgan fingerprint density at radius 3 is 2.16 bits per heavy atom. The van der Waals surface area contributed by atoms with Crippen LogP contribution in [0.4, 0.5) is 11.6 Å². The minimum atomic E-state index is 0.282. The average molecular weight is 268 g/mol. The zero-order valence-corrected chi connectivity index (χ0v) is 10.5. The van der Waals surface area contributed by atoms with E-state index in [-0.39, 0.29) is 11.6 Å². The SMILES string of the molecule is N#Cc1ccc(Sc2nc(N)cc(N)n2)cc1C#N. The summed E-state index contributed by atoms with van der Waals surface area (Å²) in [7, 11) is 0. The predicted octanol–water partition coefficient (Wildman–Crippen LogP) is 1.54. The summed E-state index contributed by atoms with van der Waals surface area (Å²) in [5.41, 5.74) is 11.8. The molecule has 2 rings (SSSR count). The zero-order valence-electron chi connectivity index (χ0n) is 9.66. The molecule has 4 N–H and O–H groups in total. The number of hydrogen-bond acceptors (Lipinski definition) is 7. The molecule has 2 aromatic rings. The third-order valence-electron chi connectivity index (χ3n) is 2.19. The van der Waals surface area contributed by atoms with E-state index in [2.05, 4.69) is 9.97 Å².